The molecule has 2 saturated heterocycles. The van der Waals surface area contributed by atoms with Crippen LogP contribution in [0.5, 0.6) is 5.88 Å². The molecule has 2 fully saturated rings. The molecule has 1 aromatic heterocycles. The number of aromatic nitrogens is 2. The van der Waals surface area contributed by atoms with E-state index in [4.69, 9.17) is 9.47 Å². The molecule has 25 heavy (non-hydrogen) atoms. The van der Waals surface area contributed by atoms with Crippen molar-refractivity contribution >= 4 is 11.7 Å². The van der Waals surface area contributed by atoms with Gasteiger partial charge in [-0.3, -0.25) is 9.69 Å². The number of carbonyl (C=O) groups is 1. The molecule has 3 rings (SSSR count). The maximum atomic E-state index is 11.6. The predicted octanol–water partition coefficient (Wildman–Crippen LogP) is 0.101. The molecule has 1 atom stereocenters. The minimum absolute atomic E-state index is 0.00796. The van der Waals surface area contributed by atoms with E-state index in [0.717, 1.165) is 31.9 Å². The third-order valence-corrected chi connectivity index (χ3v) is 5.22. The van der Waals surface area contributed by atoms with Crippen LogP contribution in [0.3, 0.4) is 0 Å². The maximum Gasteiger partial charge on any atom is 0.248 e. The van der Waals surface area contributed by atoms with E-state index in [-0.39, 0.29) is 18.1 Å². The fourth-order valence-electron chi connectivity index (χ4n) is 3.70. The minimum Gasteiger partial charge on any atom is -0.481 e. The molecule has 0 bridgehead atoms. The van der Waals surface area contributed by atoms with Crippen molar-refractivity contribution in [1.82, 2.24) is 19.8 Å². The Labute approximate surface area is 148 Å². The summed E-state index contributed by atoms with van der Waals surface area (Å²) in [4.78, 5) is 26.2. The number of likely N-dealkylation sites (tertiary alicyclic amines) is 1. The van der Waals surface area contributed by atoms with Gasteiger partial charge in [0.25, 0.3) is 0 Å². The Morgan fingerprint density at radius 1 is 1.40 bits per heavy atom. The summed E-state index contributed by atoms with van der Waals surface area (Å²) in [5, 5.41) is 0. The summed E-state index contributed by atoms with van der Waals surface area (Å²) in [6.45, 7) is 3.67. The molecule has 1 spiro atoms. The van der Waals surface area contributed by atoms with Gasteiger partial charge in [-0.2, -0.15) is 0 Å². The molecule has 8 nitrogen and oxygen atoms in total. The summed E-state index contributed by atoms with van der Waals surface area (Å²) in [5.74, 6) is 1.96. The highest BCUT2D eigenvalue weighted by Crippen LogP contribution is 2.41. The van der Waals surface area contributed by atoms with Crippen molar-refractivity contribution in [3.8, 4) is 5.88 Å². The van der Waals surface area contributed by atoms with E-state index in [9.17, 15) is 4.79 Å². The smallest absolute Gasteiger partial charge is 0.248 e. The van der Waals surface area contributed by atoms with E-state index in [1.807, 2.05) is 6.07 Å². The fraction of sp³-hybridized carbons (Fsp3) is 0.706. The Bertz CT molecular complexity index is 618. The lowest BCUT2D eigenvalue weighted by molar-refractivity contribution is -0.133. The zero-order chi connectivity index (χ0) is 18.0. The van der Waals surface area contributed by atoms with Gasteiger partial charge in [0.1, 0.15) is 18.8 Å². The molecule has 0 aromatic carbocycles. The summed E-state index contributed by atoms with van der Waals surface area (Å²) in [6.07, 6.45) is 2.62. The quantitative estimate of drug-likeness (QED) is 0.721. The topological polar surface area (TPSA) is 71.0 Å². The van der Waals surface area contributed by atoms with Gasteiger partial charge >= 0.3 is 0 Å². The molecule has 0 aliphatic carbocycles. The van der Waals surface area contributed by atoms with Crippen LogP contribution in [0.25, 0.3) is 0 Å². The van der Waals surface area contributed by atoms with Crippen molar-refractivity contribution in [3.63, 3.8) is 0 Å². The lowest BCUT2D eigenvalue weighted by atomic mass is 9.84. The highest BCUT2D eigenvalue weighted by Gasteiger charge is 2.52. The molecule has 1 aromatic rings. The maximum absolute atomic E-state index is 11.6. The van der Waals surface area contributed by atoms with E-state index in [0.29, 0.717) is 18.4 Å². The number of carbonyl (C=O) groups excluding carboxylic acids is 1. The van der Waals surface area contributed by atoms with Gasteiger partial charge in [-0.15, -0.1) is 0 Å². The Kier molecular flexibility index (Phi) is 5.10. The first kappa shape index (κ1) is 17.9. The predicted molar refractivity (Wildman–Crippen MR) is 93.8 cm³/mol. The average molecular weight is 349 g/mol. The van der Waals surface area contributed by atoms with Crippen molar-refractivity contribution in [2.24, 2.45) is 5.92 Å². The van der Waals surface area contributed by atoms with E-state index in [1.54, 1.807) is 26.1 Å². The Balaban J connectivity index is 1.50. The van der Waals surface area contributed by atoms with E-state index >= 15 is 0 Å². The zero-order valence-corrected chi connectivity index (χ0v) is 15.4. The molecule has 3 heterocycles. The summed E-state index contributed by atoms with van der Waals surface area (Å²) in [7, 11) is 7.27. The summed E-state index contributed by atoms with van der Waals surface area (Å²) in [5.41, 5.74) is 0.178. The second-order valence-corrected chi connectivity index (χ2v) is 7.25. The van der Waals surface area contributed by atoms with Crippen molar-refractivity contribution in [2.75, 3.05) is 66.0 Å². The number of methoxy groups -OCH3 is 1. The molecule has 8 heteroatoms. The van der Waals surface area contributed by atoms with E-state index < -0.39 is 0 Å². The lowest BCUT2D eigenvalue weighted by Crippen LogP contribution is -2.67. The second kappa shape index (κ2) is 7.13. The largest absolute Gasteiger partial charge is 0.481 e. The van der Waals surface area contributed by atoms with Gasteiger partial charge in [-0.05, 0) is 19.4 Å². The van der Waals surface area contributed by atoms with E-state index in [1.165, 1.54) is 6.33 Å². The van der Waals surface area contributed by atoms with Crippen LogP contribution in [0.2, 0.25) is 0 Å². The highest BCUT2D eigenvalue weighted by molar-refractivity contribution is 5.76. The molecular formula is C17H27N5O3. The lowest BCUT2D eigenvalue weighted by Gasteiger charge is -2.52. The molecule has 2 aliphatic heterocycles. The second-order valence-electron chi connectivity index (χ2n) is 7.25. The Morgan fingerprint density at radius 2 is 2.16 bits per heavy atom. The SMILES string of the molecule is COc1cc(N2CC3(CC(COCC(=O)N(C)C)CN3C)C2)ncn1. The first-order valence-electron chi connectivity index (χ1n) is 8.53. The Hall–Kier alpha value is -1.93. The number of likely N-dealkylation sites (N-methyl/N-ethyl adjacent to an activating group) is 2. The fourth-order valence-corrected chi connectivity index (χ4v) is 3.70. The molecule has 0 radical (unpaired) electrons. The number of ether oxygens (including phenoxy) is 2. The standard InChI is InChI=1S/C17H27N5O3/c1-20(2)16(23)9-25-8-13-6-17(21(3)7-13)10-22(11-17)14-5-15(24-4)19-12-18-14/h5,12-13H,6-11H2,1-4H3. The van der Waals surface area contributed by atoms with Gasteiger partial charge in [0.2, 0.25) is 11.8 Å². The van der Waals surface area contributed by atoms with Crippen LogP contribution in [0.15, 0.2) is 12.4 Å². The average Bonchev–Trinajstić information content (AvgIpc) is 2.90. The monoisotopic (exact) mass is 349 g/mol. The van der Waals surface area contributed by atoms with Crippen LogP contribution in [0.1, 0.15) is 6.42 Å². The zero-order valence-electron chi connectivity index (χ0n) is 15.4. The summed E-state index contributed by atoms with van der Waals surface area (Å²) >= 11 is 0. The third kappa shape index (κ3) is 3.69. The van der Waals surface area contributed by atoms with Crippen LogP contribution in [-0.4, -0.2) is 92.3 Å². The van der Waals surface area contributed by atoms with Gasteiger partial charge in [0.15, 0.2) is 0 Å². The van der Waals surface area contributed by atoms with Gasteiger partial charge in [0.05, 0.1) is 19.3 Å². The van der Waals surface area contributed by atoms with Gasteiger partial charge in [-0.1, -0.05) is 0 Å². The molecule has 1 unspecified atom stereocenters. The van der Waals surface area contributed by atoms with Crippen LogP contribution < -0.4 is 9.64 Å². The molecule has 2 aliphatic rings. The number of amides is 1. The first-order valence-corrected chi connectivity index (χ1v) is 8.53. The minimum atomic E-state index is 0.00796. The van der Waals surface area contributed by atoms with Crippen molar-refractivity contribution in [1.29, 1.82) is 0 Å². The molecular weight excluding hydrogens is 322 g/mol. The first-order chi connectivity index (χ1) is 11.9. The van der Waals surface area contributed by atoms with Crippen LogP contribution in [-0.2, 0) is 9.53 Å². The third-order valence-electron chi connectivity index (χ3n) is 5.22. The molecule has 0 saturated carbocycles. The van der Waals surface area contributed by atoms with Crippen LogP contribution >= 0.6 is 0 Å². The van der Waals surface area contributed by atoms with Crippen molar-refractivity contribution < 1.29 is 14.3 Å². The Morgan fingerprint density at radius 3 is 2.84 bits per heavy atom. The highest BCUT2D eigenvalue weighted by atomic mass is 16.5. The number of hydrogen-bond acceptors (Lipinski definition) is 7. The normalized spacial score (nSPS) is 22.1. The molecule has 1 amide bonds. The number of nitrogens with zero attached hydrogens (tertiary/aromatic N) is 5. The number of hydrogen-bond donors (Lipinski definition) is 0. The number of rotatable bonds is 6. The molecule has 138 valence electrons. The van der Waals surface area contributed by atoms with Crippen molar-refractivity contribution in [2.45, 2.75) is 12.0 Å². The van der Waals surface area contributed by atoms with Gasteiger partial charge < -0.3 is 19.3 Å². The number of anilines is 1. The van der Waals surface area contributed by atoms with Crippen molar-refractivity contribution in [3.05, 3.63) is 12.4 Å². The summed E-state index contributed by atoms with van der Waals surface area (Å²) < 4.78 is 10.8. The van der Waals surface area contributed by atoms with Crippen LogP contribution in [0, 0.1) is 5.92 Å². The van der Waals surface area contributed by atoms with Gasteiger partial charge in [0, 0.05) is 39.8 Å². The summed E-state index contributed by atoms with van der Waals surface area (Å²) in [6, 6.07) is 1.87. The van der Waals surface area contributed by atoms with Gasteiger partial charge in [-0.25, -0.2) is 9.97 Å². The van der Waals surface area contributed by atoms with Crippen LogP contribution in [0.4, 0.5) is 5.82 Å². The van der Waals surface area contributed by atoms with E-state index in [2.05, 4.69) is 26.8 Å². The molecule has 0 N–H and O–H groups in total.